The molecule has 36 heavy (non-hydrogen) atoms. The van der Waals surface area contributed by atoms with E-state index in [1.165, 1.54) is 0 Å². The molecule has 5 nitrogen and oxygen atoms in total. The van der Waals surface area contributed by atoms with Gasteiger partial charge < -0.3 is 14.0 Å². The molecule has 0 radical (unpaired) electrons. The van der Waals surface area contributed by atoms with Crippen LogP contribution in [-0.4, -0.2) is 21.7 Å². The van der Waals surface area contributed by atoms with E-state index < -0.39 is 11.2 Å². The standard InChI is InChI=1S/C31H41NO4/c1-9-13-22(4)32-27-15-12-11-14-24(27)20-26(28(32)33)23-16-18-25(19-17-23)35-30(5,6)31(7,8)36-29(34)21(3)10-2/h11-12,14-22H,9-10,13H2,1-8H3. The summed E-state index contributed by atoms with van der Waals surface area (Å²) in [6, 6.07) is 17.7. The fraction of sp³-hybridized carbons (Fsp3) is 0.484. The second-order valence-corrected chi connectivity index (χ2v) is 10.8. The normalized spacial score (nSPS) is 13.9. The molecule has 0 saturated heterocycles. The van der Waals surface area contributed by atoms with E-state index in [4.69, 9.17) is 9.47 Å². The van der Waals surface area contributed by atoms with Gasteiger partial charge in [0.15, 0.2) is 0 Å². The zero-order chi connectivity index (χ0) is 26.7. The number of carbonyl (C=O) groups is 1. The number of rotatable bonds is 10. The molecular formula is C31H41NO4. The SMILES string of the molecule is CCCC(C)n1c(=O)c(-c2ccc(OC(C)(C)C(C)(C)OC(=O)C(C)CC)cc2)cc2ccccc21. The molecule has 0 spiro atoms. The van der Waals surface area contributed by atoms with Crippen LogP contribution in [0.4, 0.5) is 0 Å². The van der Waals surface area contributed by atoms with E-state index in [1.54, 1.807) is 0 Å². The average molecular weight is 492 g/mol. The lowest BCUT2D eigenvalue weighted by atomic mass is 9.88. The number of benzene rings is 2. The number of nitrogens with zero attached hydrogens (tertiary/aromatic N) is 1. The highest BCUT2D eigenvalue weighted by Crippen LogP contribution is 2.33. The highest BCUT2D eigenvalue weighted by Gasteiger charge is 2.43. The number of esters is 1. The largest absolute Gasteiger partial charge is 0.484 e. The van der Waals surface area contributed by atoms with E-state index in [1.807, 2.05) is 94.6 Å². The van der Waals surface area contributed by atoms with E-state index in [-0.39, 0.29) is 23.5 Å². The maximum Gasteiger partial charge on any atom is 0.309 e. The minimum atomic E-state index is -0.840. The number of carbonyl (C=O) groups excluding carboxylic acids is 1. The molecule has 1 heterocycles. The Morgan fingerprint density at radius 2 is 1.58 bits per heavy atom. The van der Waals surface area contributed by atoms with Gasteiger partial charge in [0.2, 0.25) is 0 Å². The van der Waals surface area contributed by atoms with Crippen LogP contribution in [0.2, 0.25) is 0 Å². The molecule has 1 aromatic heterocycles. The molecule has 0 aliphatic carbocycles. The number of hydrogen-bond acceptors (Lipinski definition) is 4. The minimum absolute atomic E-state index is 0.0155. The minimum Gasteiger partial charge on any atom is -0.484 e. The number of para-hydroxylation sites is 1. The number of pyridine rings is 1. The van der Waals surface area contributed by atoms with Crippen molar-refractivity contribution in [2.75, 3.05) is 0 Å². The summed E-state index contributed by atoms with van der Waals surface area (Å²) in [5, 5.41) is 1.04. The van der Waals surface area contributed by atoms with Crippen LogP contribution in [0.5, 0.6) is 5.75 Å². The molecule has 3 rings (SSSR count). The van der Waals surface area contributed by atoms with Gasteiger partial charge >= 0.3 is 5.97 Å². The second kappa shape index (κ2) is 10.9. The lowest BCUT2D eigenvalue weighted by Crippen LogP contribution is -2.53. The van der Waals surface area contributed by atoms with Crippen LogP contribution in [0.1, 0.15) is 80.7 Å². The van der Waals surface area contributed by atoms with Crippen molar-refractivity contribution in [1.82, 2.24) is 4.57 Å². The molecule has 0 bridgehead atoms. The van der Waals surface area contributed by atoms with Gasteiger partial charge in [-0.05, 0) is 82.7 Å². The van der Waals surface area contributed by atoms with E-state index in [0.29, 0.717) is 11.3 Å². The second-order valence-electron chi connectivity index (χ2n) is 10.8. The van der Waals surface area contributed by atoms with Crippen molar-refractivity contribution < 1.29 is 14.3 Å². The predicted octanol–water partition coefficient (Wildman–Crippen LogP) is 7.55. The first-order valence-electron chi connectivity index (χ1n) is 13.1. The zero-order valence-electron chi connectivity index (χ0n) is 23.1. The number of aromatic nitrogens is 1. The Bertz CT molecular complexity index is 1250. The van der Waals surface area contributed by atoms with Gasteiger partial charge in [-0.2, -0.15) is 0 Å². The first-order chi connectivity index (χ1) is 16.9. The van der Waals surface area contributed by atoms with Gasteiger partial charge in [0.25, 0.3) is 5.56 Å². The van der Waals surface area contributed by atoms with Gasteiger partial charge in [-0.3, -0.25) is 9.59 Å². The van der Waals surface area contributed by atoms with Crippen molar-refractivity contribution in [2.24, 2.45) is 5.92 Å². The van der Waals surface area contributed by atoms with Gasteiger partial charge in [-0.1, -0.05) is 57.5 Å². The van der Waals surface area contributed by atoms with Crippen molar-refractivity contribution in [3.05, 3.63) is 65.0 Å². The first-order valence-corrected chi connectivity index (χ1v) is 13.1. The molecule has 2 aromatic carbocycles. The Morgan fingerprint density at radius 3 is 2.19 bits per heavy atom. The van der Waals surface area contributed by atoms with Crippen LogP contribution in [0.3, 0.4) is 0 Å². The average Bonchev–Trinajstić information content (AvgIpc) is 2.83. The van der Waals surface area contributed by atoms with Gasteiger partial charge in [0, 0.05) is 11.6 Å². The molecule has 194 valence electrons. The molecule has 0 aliphatic rings. The Hall–Kier alpha value is -3.08. The first kappa shape index (κ1) is 27.5. The molecule has 3 aromatic rings. The van der Waals surface area contributed by atoms with E-state index in [0.717, 1.165) is 35.7 Å². The molecule has 0 saturated carbocycles. The molecule has 0 N–H and O–H groups in total. The van der Waals surface area contributed by atoms with Crippen LogP contribution in [-0.2, 0) is 9.53 Å². The number of ether oxygens (including phenoxy) is 2. The van der Waals surface area contributed by atoms with Crippen LogP contribution in [0, 0.1) is 5.92 Å². The molecule has 0 aliphatic heterocycles. The smallest absolute Gasteiger partial charge is 0.309 e. The van der Waals surface area contributed by atoms with Crippen molar-refractivity contribution in [3.8, 4) is 16.9 Å². The monoisotopic (exact) mass is 491 g/mol. The lowest BCUT2D eigenvalue weighted by Gasteiger charge is -2.41. The Labute approximate surface area is 215 Å². The van der Waals surface area contributed by atoms with Gasteiger partial charge in [0.05, 0.1) is 11.4 Å². The lowest BCUT2D eigenvalue weighted by molar-refractivity contribution is -0.180. The zero-order valence-corrected chi connectivity index (χ0v) is 23.1. The molecule has 2 unspecified atom stereocenters. The summed E-state index contributed by atoms with van der Waals surface area (Å²) in [4.78, 5) is 26.0. The van der Waals surface area contributed by atoms with Gasteiger partial charge in [0.1, 0.15) is 17.0 Å². The fourth-order valence-corrected chi connectivity index (χ4v) is 4.24. The quantitative estimate of drug-likeness (QED) is 0.275. The summed E-state index contributed by atoms with van der Waals surface area (Å²) >= 11 is 0. The highest BCUT2D eigenvalue weighted by atomic mass is 16.6. The van der Waals surface area contributed by atoms with Crippen molar-refractivity contribution in [3.63, 3.8) is 0 Å². The van der Waals surface area contributed by atoms with Crippen molar-refractivity contribution in [2.45, 2.75) is 91.9 Å². The Balaban J connectivity index is 1.92. The van der Waals surface area contributed by atoms with E-state index in [9.17, 15) is 9.59 Å². The third-order valence-corrected chi connectivity index (χ3v) is 7.45. The highest BCUT2D eigenvalue weighted by molar-refractivity contribution is 5.84. The number of hydrogen-bond donors (Lipinski definition) is 0. The van der Waals surface area contributed by atoms with Crippen molar-refractivity contribution >= 4 is 16.9 Å². The summed E-state index contributed by atoms with van der Waals surface area (Å²) < 4.78 is 14.1. The van der Waals surface area contributed by atoms with Crippen molar-refractivity contribution in [1.29, 1.82) is 0 Å². The number of fused-ring (bicyclic) bond motifs is 1. The van der Waals surface area contributed by atoms with Gasteiger partial charge in [-0.15, -0.1) is 0 Å². The van der Waals surface area contributed by atoms with Gasteiger partial charge in [-0.25, -0.2) is 0 Å². The summed E-state index contributed by atoms with van der Waals surface area (Å²) in [6.45, 7) is 15.7. The van der Waals surface area contributed by atoms with Crippen LogP contribution < -0.4 is 10.3 Å². The summed E-state index contributed by atoms with van der Waals surface area (Å²) in [5.74, 6) is 0.265. The summed E-state index contributed by atoms with van der Waals surface area (Å²) in [6.07, 6.45) is 2.68. The maximum atomic E-state index is 13.6. The summed E-state index contributed by atoms with van der Waals surface area (Å²) in [7, 11) is 0. The molecule has 2 atom stereocenters. The topological polar surface area (TPSA) is 57.5 Å². The van der Waals surface area contributed by atoms with E-state index in [2.05, 4.69) is 19.9 Å². The molecular weight excluding hydrogens is 450 g/mol. The molecule has 5 heteroatoms. The Morgan fingerprint density at radius 1 is 0.944 bits per heavy atom. The fourth-order valence-electron chi connectivity index (χ4n) is 4.24. The van der Waals surface area contributed by atoms with Crippen LogP contribution in [0.25, 0.3) is 22.0 Å². The van der Waals surface area contributed by atoms with Crippen LogP contribution >= 0.6 is 0 Å². The third kappa shape index (κ3) is 5.66. The predicted molar refractivity (Wildman–Crippen MR) is 148 cm³/mol. The maximum absolute atomic E-state index is 13.6. The summed E-state index contributed by atoms with van der Waals surface area (Å²) in [5.41, 5.74) is 0.877. The molecule has 0 amide bonds. The van der Waals surface area contributed by atoms with Crippen LogP contribution in [0.15, 0.2) is 59.4 Å². The molecule has 0 fully saturated rings. The Kier molecular flexibility index (Phi) is 8.33. The third-order valence-electron chi connectivity index (χ3n) is 7.45. The van der Waals surface area contributed by atoms with E-state index >= 15 is 0 Å².